The molecule has 3 nitrogen and oxygen atoms in total. The maximum atomic E-state index is 9.58. The molecule has 0 aliphatic rings. The highest BCUT2D eigenvalue weighted by Gasteiger charge is 2.06. The summed E-state index contributed by atoms with van der Waals surface area (Å²) < 4.78 is 5.68. The lowest BCUT2D eigenvalue weighted by Gasteiger charge is -2.11. The van der Waals surface area contributed by atoms with Gasteiger partial charge in [0.1, 0.15) is 5.75 Å². The maximum absolute atomic E-state index is 9.58. The number of benzene rings is 1. The van der Waals surface area contributed by atoms with Crippen LogP contribution in [0.25, 0.3) is 11.3 Å². The first-order chi connectivity index (χ1) is 9.06. The summed E-state index contributed by atoms with van der Waals surface area (Å²) in [6.45, 7) is 5.71. The molecule has 0 aliphatic carbocycles. The van der Waals surface area contributed by atoms with E-state index in [1.54, 1.807) is 6.92 Å². The minimum absolute atomic E-state index is 0.145. The van der Waals surface area contributed by atoms with E-state index in [2.05, 4.69) is 4.98 Å². The maximum Gasteiger partial charge on any atom is 0.120 e. The van der Waals surface area contributed by atoms with Gasteiger partial charge in [-0.1, -0.05) is 18.2 Å². The molecular weight excluding hydrogens is 238 g/mol. The number of ether oxygens (including phenoxy) is 1. The molecule has 100 valence electrons. The van der Waals surface area contributed by atoms with E-state index in [-0.39, 0.29) is 6.10 Å². The van der Waals surface area contributed by atoms with Crippen LogP contribution in [0.1, 0.15) is 32.6 Å². The first-order valence-corrected chi connectivity index (χ1v) is 6.48. The Labute approximate surface area is 113 Å². The summed E-state index contributed by atoms with van der Waals surface area (Å²) in [6, 6.07) is 13.5. The van der Waals surface area contributed by atoms with E-state index in [0.29, 0.717) is 5.69 Å². The average Bonchev–Trinajstić information content (AvgIpc) is 2.38. The molecule has 19 heavy (non-hydrogen) atoms. The van der Waals surface area contributed by atoms with E-state index in [1.807, 2.05) is 56.3 Å². The van der Waals surface area contributed by atoms with Crippen LogP contribution < -0.4 is 4.74 Å². The lowest BCUT2D eigenvalue weighted by Crippen LogP contribution is -2.05. The Morgan fingerprint density at radius 1 is 1.05 bits per heavy atom. The number of aliphatic hydroxyl groups is 1. The molecule has 0 fully saturated rings. The van der Waals surface area contributed by atoms with Crippen molar-refractivity contribution in [1.29, 1.82) is 0 Å². The molecule has 1 heterocycles. The monoisotopic (exact) mass is 257 g/mol. The van der Waals surface area contributed by atoms with E-state index in [1.165, 1.54) is 0 Å². The summed E-state index contributed by atoms with van der Waals surface area (Å²) in [5.41, 5.74) is 2.50. The van der Waals surface area contributed by atoms with Crippen molar-refractivity contribution in [2.24, 2.45) is 0 Å². The molecule has 2 rings (SSSR count). The molecule has 2 aromatic rings. The third kappa shape index (κ3) is 3.55. The predicted octanol–water partition coefficient (Wildman–Crippen LogP) is 3.59. The third-order valence-corrected chi connectivity index (χ3v) is 2.70. The zero-order chi connectivity index (χ0) is 13.8. The van der Waals surface area contributed by atoms with Gasteiger partial charge in [-0.2, -0.15) is 0 Å². The smallest absolute Gasteiger partial charge is 0.120 e. The van der Waals surface area contributed by atoms with Crippen LogP contribution in [0, 0.1) is 0 Å². The fraction of sp³-hybridized carbons (Fsp3) is 0.312. The second-order valence-electron chi connectivity index (χ2n) is 4.82. The number of rotatable bonds is 4. The predicted molar refractivity (Wildman–Crippen MR) is 76.1 cm³/mol. The van der Waals surface area contributed by atoms with E-state index in [0.717, 1.165) is 17.0 Å². The van der Waals surface area contributed by atoms with Crippen LogP contribution >= 0.6 is 0 Å². The summed E-state index contributed by atoms with van der Waals surface area (Å²) in [5, 5.41) is 9.58. The summed E-state index contributed by atoms with van der Waals surface area (Å²) in [4.78, 5) is 4.46. The molecule has 0 amide bonds. The Balaban J connectivity index is 2.33. The zero-order valence-corrected chi connectivity index (χ0v) is 11.5. The first-order valence-electron chi connectivity index (χ1n) is 6.48. The van der Waals surface area contributed by atoms with Crippen molar-refractivity contribution in [3.8, 4) is 17.0 Å². The molecule has 1 atom stereocenters. The van der Waals surface area contributed by atoms with Crippen molar-refractivity contribution in [1.82, 2.24) is 4.98 Å². The largest absolute Gasteiger partial charge is 0.491 e. The fourth-order valence-corrected chi connectivity index (χ4v) is 1.85. The number of hydrogen-bond acceptors (Lipinski definition) is 3. The Kier molecular flexibility index (Phi) is 4.17. The highest BCUT2D eigenvalue weighted by Crippen LogP contribution is 2.24. The molecule has 0 bridgehead atoms. The molecule has 0 unspecified atom stereocenters. The van der Waals surface area contributed by atoms with Gasteiger partial charge in [-0.3, -0.25) is 4.98 Å². The van der Waals surface area contributed by atoms with Crippen molar-refractivity contribution < 1.29 is 9.84 Å². The van der Waals surface area contributed by atoms with Gasteiger partial charge >= 0.3 is 0 Å². The van der Waals surface area contributed by atoms with E-state index in [9.17, 15) is 5.11 Å². The van der Waals surface area contributed by atoms with Crippen LogP contribution in [0.5, 0.6) is 5.75 Å². The van der Waals surface area contributed by atoms with Gasteiger partial charge in [-0.25, -0.2) is 0 Å². The topological polar surface area (TPSA) is 42.4 Å². The van der Waals surface area contributed by atoms with Crippen LogP contribution in [0.3, 0.4) is 0 Å². The highest BCUT2D eigenvalue weighted by atomic mass is 16.5. The molecule has 1 aromatic carbocycles. The number of hydrogen-bond donors (Lipinski definition) is 1. The van der Waals surface area contributed by atoms with Crippen LogP contribution in [0.4, 0.5) is 0 Å². The van der Waals surface area contributed by atoms with Gasteiger partial charge in [0.25, 0.3) is 0 Å². The molecule has 0 radical (unpaired) electrons. The molecule has 0 spiro atoms. The van der Waals surface area contributed by atoms with Gasteiger partial charge in [0.05, 0.1) is 23.6 Å². The fourth-order valence-electron chi connectivity index (χ4n) is 1.85. The van der Waals surface area contributed by atoms with Gasteiger partial charge in [0, 0.05) is 5.56 Å². The molecule has 3 heteroatoms. The number of aromatic nitrogens is 1. The normalized spacial score (nSPS) is 12.5. The minimum Gasteiger partial charge on any atom is -0.491 e. The highest BCUT2D eigenvalue weighted by molar-refractivity contribution is 5.61. The van der Waals surface area contributed by atoms with Crippen molar-refractivity contribution in [2.75, 3.05) is 0 Å². The van der Waals surface area contributed by atoms with Crippen molar-refractivity contribution in [2.45, 2.75) is 33.0 Å². The second kappa shape index (κ2) is 5.85. The van der Waals surface area contributed by atoms with Gasteiger partial charge in [0.2, 0.25) is 0 Å². The summed E-state index contributed by atoms with van der Waals surface area (Å²) >= 11 is 0. The van der Waals surface area contributed by atoms with Crippen LogP contribution in [-0.2, 0) is 0 Å². The molecule has 0 aliphatic heterocycles. The SMILES string of the molecule is CC(C)Oc1cccc(-c2cccc([C@H](C)O)n2)c1. The number of aliphatic hydroxyl groups excluding tert-OH is 1. The van der Waals surface area contributed by atoms with Crippen LogP contribution in [0.15, 0.2) is 42.5 Å². The Morgan fingerprint density at radius 2 is 1.79 bits per heavy atom. The van der Waals surface area contributed by atoms with Crippen molar-refractivity contribution >= 4 is 0 Å². The van der Waals surface area contributed by atoms with Crippen molar-refractivity contribution in [3.05, 3.63) is 48.2 Å². The molecule has 1 aromatic heterocycles. The summed E-state index contributed by atoms with van der Waals surface area (Å²) in [5.74, 6) is 0.830. The number of pyridine rings is 1. The van der Waals surface area contributed by atoms with Gasteiger partial charge in [0.15, 0.2) is 0 Å². The second-order valence-corrected chi connectivity index (χ2v) is 4.82. The first kappa shape index (κ1) is 13.6. The molecule has 1 N–H and O–H groups in total. The number of nitrogens with zero attached hydrogens (tertiary/aromatic N) is 1. The average molecular weight is 257 g/mol. The standard InChI is InChI=1S/C16H19NO2/c1-11(2)19-14-7-4-6-13(10-14)16-9-5-8-15(17-16)12(3)18/h4-12,18H,1-3H3/t12-/m0/s1. The molecular formula is C16H19NO2. The van der Waals surface area contributed by atoms with Gasteiger partial charge in [-0.05, 0) is 45.0 Å². The van der Waals surface area contributed by atoms with Gasteiger partial charge < -0.3 is 9.84 Å². The molecule has 0 saturated heterocycles. The van der Waals surface area contributed by atoms with Crippen LogP contribution in [0.2, 0.25) is 0 Å². The summed E-state index contributed by atoms with van der Waals surface area (Å²) in [7, 11) is 0. The quantitative estimate of drug-likeness (QED) is 0.910. The minimum atomic E-state index is -0.560. The Hall–Kier alpha value is -1.87. The third-order valence-electron chi connectivity index (χ3n) is 2.70. The van der Waals surface area contributed by atoms with Gasteiger partial charge in [-0.15, -0.1) is 0 Å². The van der Waals surface area contributed by atoms with Crippen molar-refractivity contribution in [3.63, 3.8) is 0 Å². The molecule has 0 saturated carbocycles. The lowest BCUT2D eigenvalue weighted by molar-refractivity contribution is 0.194. The van der Waals surface area contributed by atoms with E-state index >= 15 is 0 Å². The lowest BCUT2D eigenvalue weighted by atomic mass is 10.1. The van der Waals surface area contributed by atoms with Crippen LogP contribution in [-0.4, -0.2) is 16.2 Å². The summed E-state index contributed by atoms with van der Waals surface area (Å²) in [6.07, 6.45) is -0.415. The zero-order valence-electron chi connectivity index (χ0n) is 11.5. The Bertz CT molecular complexity index is 550. The van der Waals surface area contributed by atoms with E-state index in [4.69, 9.17) is 4.74 Å². The Morgan fingerprint density at radius 3 is 2.47 bits per heavy atom. The van der Waals surface area contributed by atoms with E-state index < -0.39 is 6.10 Å².